The van der Waals surface area contributed by atoms with Crippen molar-refractivity contribution in [3.05, 3.63) is 52.1 Å². The van der Waals surface area contributed by atoms with Crippen LogP contribution in [-0.4, -0.2) is 92.3 Å². The molecule has 14 heteroatoms. The van der Waals surface area contributed by atoms with Gasteiger partial charge in [-0.05, 0) is 55.0 Å². The van der Waals surface area contributed by atoms with Crippen LogP contribution in [0.5, 0.6) is 11.5 Å². The molecule has 2 heterocycles. The quantitative estimate of drug-likeness (QED) is 0.190. The number of carbonyl (C=O) groups excluding carboxylic acids is 4. The molecule has 0 bridgehead atoms. The number of hydrogen-bond donors (Lipinski definition) is 2. The first-order valence-corrected chi connectivity index (χ1v) is 15.7. The largest absolute Gasteiger partial charge is 0.493 e. The fourth-order valence-corrected chi connectivity index (χ4v) is 5.62. The molecule has 48 heavy (non-hydrogen) atoms. The molecule has 0 atom stereocenters. The Hall–Kier alpha value is -5.14. The molecule has 0 unspecified atom stereocenters. The molecule has 1 saturated heterocycles. The van der Waals surface area contributed by atoms with E-state index in [1.807, 2.05) is 20.8 Å². The molecule has 0 spiro atoms. The molecule has 4 rings (SSSR count). The fraction of sp³-hybridized carbons (Fsp3) is 0.471. The van der Waals surface area contributed by atoms with Gasteiger partial charge in [0.2, 0.25) is 6.79 Å². The van der Waals surface area contributed by atoms with E-state index >= 15 is 0 Å². The lowest BCUT2D eigenvalue weighted by molar-refractivity contribution is -0.148. The number of amides is 2. The van der Waals surface area contributed by atoms with Crippen molar-refractivity contribution in [2.24, 2.45) is 4.99 Å². The van der Waals surface area contributed by atoms with E-state index in [1.165, 1.54) is 14.0 Å². The Labute approximate surface area is 279 Å². The number of carboxylic acid groups (broad SMARTS) is 1. The monoisotopic (exact) mass is 666 g/mol. The summed E-state index contributed by atoms with van der Waals surface area (Å²) in [4.78, 5) is 70.1. The number of fused-ring (bicyclic) bond motifs is 1. The van der Waals surface area contributed by atoms with Gasteiger partial charge in [0.15, 0.2) is 12.4 Å². The van der Waals surface area contributed by atoms with Crippen LogP contribution in [0.1, 0.15) is 84.9 Å². The van der Waals surface area contributed by atoms with Crippen LogP contribution in [0, 0.1) is 0 Å². The van der Waals surface area contributed by atoms with Gasteiger partial charge in [-0.15, -0.1) is 0 Å². The van der Waals surface area contributed by atoms with Gasteiger partial charge < -0.3 is 39.2 Å². The summed E-state index contributed by atoms with van der Waals surface area (Å²) in [7, 11) is 1.48. The molecule has 2 N–H and O–H groups in total. The second-order valence-corrected chi connectivity index (χ2v) is 12.4. The third kappa shape index (κ3) is 8.41. The first kappa shape index (κ1) is 35.7. The molecule has 2 amide bonds. The van der Waals surface area contributed by atoms with Crippen LogP contribution in [0.3, 0.4) is 0 Å². The average molecular weight is 667 g/mol. The number of ether oxygens (including phenoxy) is 4. The first-order valence-electron chi connectivity index (χ1n) is 15.7. The van der Waals surface area contributed by atoms with E-state index in [9.17, 15) is 29.1 Å². The van der Waals surface area contributed by atoms with Gasteiger partial charge >= 0.3 is 18.0 Å². The van der Waals surface area contributed by atoms with Gasteiger partial charge in [-0.3, -0.25) is 14.4 Å². The minimum Gasteiger partial charge on any atom is -0.493 e. The Bertz CT molecular complexity index is 1620. The normalized spacial score (nSPS) is 14.8. The number of anilines is 1. The minimum atomic E-state index is -1.11. The van der Waals surface area contributed by atoms with E-state index in [2.05, 4.69) is 15.2 Å². The van der Waals surface area contributed by atoms with Gasteiger partial charge in [-0.25, -0.2) is 9.59 Å². The summed E-state index contributed by atoms with van der Waals surface area (Å²) in [6, 6.07) is 6.69. The Morgan fingerprint density at radius 3 is 2.31 bits per heavy atom. The molecule has 2 aromatic carbocycles. The summed E-state index contributed by atoms with van der Waals surface area (Å²) in [6.45, 7) is 9.38. The van der Waals surface area contributed by atoms with Crippen molar-refractivity contribution < 1.29 is 48.0 Å². The molecule has 0 saturated carbocycles. The summed E-state index contributed by atoms with van der Waals surface area (Å²) in [5.74, 6) is -1.60. The number of aliphatic imine (C=N–C) groups is 1. The number of Topliss-reactive ketones (excluding diaryl/α,β-unsaturated/α-hetero) is 1. The molecule has 2 aliphatic heterocycles. The zero-order chi connectivity index (χ0) is 35.2. The maximum Gasteiger partial charge on any atom is 0.438 e. The molecule has 2 aromatic rings. The minimum absolute atomic E-state index is 0.0941. The van der Waals surface area contributed by atoms with E-state index in [0.717, 1.165) is 25.9 Å². The third-order valence-corrected chi connectivity index (χ3v) is 7.84. The average Bonchev–Trinajstić information content (AvgIpc) is 3.67. The predicted molar refractivity (Wildman–Crippen MR) is 175 cm³/mol. The van der Waals surface area contributed by atoms with Crippen LogP contribution in [0.15, 0.2) is 29.3 Å². The van der Waals surface area contributed by atoms with Gasteiger partial charge in [-0.1, -0.05) is 20.8 Å². The Morgan fingerprint density at radius 2 is 1.71 bits per heavy atom. The molecular formula is C34H42N4O10. The van der Waals surface area contributed by atoms with E-state index in [-0.39, 0.29) is 30.3 Å². The van der Waals surface area contributed by atoms with E-state index in [0.29, 0.717) is 46.0 Å². The molecule has 2 aliphatic rings. The van der Waals surface area contributed by atoms with Gasteiger partial charge in [0.1, 0.15) is 17.3 Å². The number of rotatable bonds is 12. The van der Waals surface area contributed by atoms with Gasteiger partial charge in [0.25, 0.3) is 5.91 Å². The van der Waals surface area contributed by atoms with Gasteiger partial charge in [-0.2, -0.15) is 4.99 Å². The SMILES string of the molecule is CCOc1cc2c(cc1C(=O)NC)C(=NC(=O)OCOC(C)=O)N(CC(=O)c1cc(N3CCCC3)c(OCC(=O)O)c(C(C)(C)C)c1)C2. The van der Waals surface area contributed by atoms with Crippen molar-refractivity contribution in [3.8, 4) is 11.5 Å². The zero-order valence-electron chi connectivity index (χ0n) is 28.1. The standard InChI is InChI=1S/C34H42N4O10/c1-7-45-28-14-22-16-38(31(23(22)15-24(28)32(43)35-6)36-33(44)48-19-47-20(2)39)17-27(40)21-12-25(34(3,4)5)30(46-18-29(41)42)26(13-21)37-10-8-9-11-37/h12-15H,7-11,16-19H2,1-6H3,(H,35,43)(H,41,42). The highest BCUT2D eigenvalue weighted by molar-refractivity contribution is 6.11. The Balaban J connectivity index is 1.76. The van der Waals surface area contributed by atoms with Gasteiger partial charge in [0.05, 0.1) is 24.4 Å². The molecule has 0 radical (unpaired) electrons. The van der Waals surface area contributed by atoms with E-state index < -0.39 is 42.8 Å². The van der Waals surface area contributed by atoms with Crippen LogP contribution in [-0.2, 0) is 31.0 Å². The number of esters is 1. The number of aliphatic carboxylic acids is 1. The molecular weight excluding hydrogens is 624 g/mol. The van der Waals surface area contributed by atoms with Crippen LogP contribution in [0.2, 0.25) is 0 Å². The van der Waals surface area contributed by atoms with Crippen LogP contribution in [0.4, 0.5) is 10.5 Å². The first-order chi connectivity index (χ1) is 22.7. The van der Waals surface area contributed by atoms with E-state index in [4.69, 9.17) is 18.9 Å². The maximum atomic E-state index is 14.1. The summed E-state index contributed by atoms with van der Waals surface area (Å²) in [5, 5.41) is 12.0. The summed E-state index contributed by atoms with van der Waals surface area (Å²) < 4.78 is 21.2. The second kappa shape index (κ2) is 15.2. The molecule has 0 aliphatic carbocycles. The molecule has 1 fully saturated rings. The lowest BCUT2D eigenvalue weighted by atomic mass is 9.84. The van der Waals surface area contributed by atoms with Crippen molar-refractivity contribution >= 4 is 41.2 Å². The number of amidine groups is 1. The number of nitrogens with zero attached hydrogens (tertiary/aromatic N) is 3. The smallest absolute Gasteiger partial charge is 0.438 e. The number of carbonyl (C=O) groups is 5. The summed E-state index contributed by atoms with van der Waals surface area (Å²) >= 11 is 0. The topological polar surface area (TPSA) is 173 Å². The number of benzene rings is 2. The Kier molecular flexibility index (Phi) is 11.3. The van der Waals surface area contributed by atoms with Crippen molar-refractivity contribution in [2.75, 3.05) is 51.6 Å². The number of nitrogens with one attached hydrogen (secondary N) is 1. The van der Waals surface area contributed by atoms with Crippen LogP contribution in [0.25, 0.3) is 0 Å². The number of ketones is 1. The highest BCUT2D eigenvalue weighted by Crippen LogP contribution is 2.42. The Morgan fingerprint density at radius 1 is 1.00 bits per heavy atom. The predicted octanol–water partition coefficient (Wildman–Crippen LogP) is 3.91. The van der Waals surface area contributed by atoms with E-state index in [1.54, 1.807) is 36.1 Å². The second-order valence-electron chi connectivity index (χ2n) is 12.4. The molecule has 0 aromatic heterocycles. The van der Waals surface area contributed by atoms with Crippen molar-refractivity contribution in [2.45, 2.75) is 59.4 Å². The molecule has 14 nitrogen and oxygen atoms in total. The van der Waals surface area contributed by atoms with Crippen LogP contribution >= 0.6 is 0 Å². The fourth-order valence-electron chi connectivity index (χ4n) is 5.62. The van der Waals surface area contributed by atoms with Crippen molar-refractivity contribution in [3.63, 3.8) is 0 Å². The summed E-state index contributed by atoms with van der Waals surface area (Å²) in [6.07, 6.45) is 0.837. The van der Waals surface area contributed by atoms with Crippen molar-refractivity contribution in [1.82, 2.24) is 10.2 Å². The number of carboxylic acids is 1. The van der Waals surface area contributed by atoms with Gasteiger partial charge in [0, 0.05) is 50.3 Å². The summed E-state index contributed by atoms with van der Waals surface area (Å²) in [5.41, 5.74) is 2.50. The lowest BCUT2D eigenvalue weighted by Crippen LogP contribution is -2.32. The zero-order valence-corrected chi connectivity index (χ0v) is 28.1. The van der Waals surface area contributed by atoms with Crippen LogP contribution < -0.4 is 19.7 Å². The lowest BCUT2D eigenvalue weighted by Gasteiger charge is -2.29. The number of hydrogen-bond acceptors (Lipinski definition) is 10. The maximum absolute atomic E-state index is 14.1. The van der Waals surface area contributed by atoms with Crippen molar-refractivity contribution in [1.29, 1.82) is 0 Å². The highest BCUT2D eigenvalue weighted by atomic mass is 16.7. The molecule has 258 valence electrons. The highest BCUT2D eigenvalue weighted by Gasteiger charge is 2.33. The third-order valence-electron chi connectivity index (χ3n) is 7.84.